The highest BCUT2D eigenvalue weighted by atomic mass is 32.2. The minimum absolute atomic E-state index is 0.235. The standard InChI is InChI=1S/C25H24FN7OS2/c1-3-12-4-14(26)6-16-19-21(30-20(12)16)31-25(32-22(19)33-10-13-5-15(33)7-17(13)27)36-18-9-29-24(35-18)23-28-8-11(2)34-23/h4,6,8-9,13,15,17H,3,5,7,10,27H2,1-2H3,(H,30,31,32)/t13-,15-,17-/m1/s1. The zero-order valence-electron chi connectivity index (χ0n) is 19.8. The average Bonchev–Trinajstić information content (AvgIpc) is 3.66. The van der Waals surface area contributed by atoms with Crippen molar-refractivity contribution in [1.82, 2.24) is 24.9 Å². The number of fused-ring (bicyclic) bond motifs is 5. The van der Waals surface area contributed by atoms with Crippen molar-refractivity contribution in [1.29, 1.82) is 0 Å². The Labute approximate surface area is 214 Å². The molecule has 184 valence electrons. The first kappa shape index (κ1) is 22.2. The van der Waals surface area contributed by atoms with Gasteiger partial charge in [0.05, 0.1) is 27.5 Å². The summed E-state index contributed by atoms with van der Waals surface area (Å²) in [7, 11) is 0. The molecule has 11 heteroatoms. The summed E-state index contributed by atoms with van der Waals surface area (Å²) in [6, 6.07) is 3.77. The molecule has 1 aliphatic heterocycles. The van der Waals surface area contributed by atoms with Crippen LogP contribution in [-0.2, 0) is 6.42 Å². The normalized spacial score (nSPS) is 21.4. The molecule has 2 aliphatic rings. The number of H-pyrrole nitrogens is 1. The third kappa shape index (κ3) is 3.52. The molecule has 1 aliphatic carbocycles. The highest BCUT2D eigenvalue weighted by Gasteiger charge is 2.44. The second-order valence-electron chi connectivity index (χ2n) is 9.58. The van der Waals surface area contributed by atoms with Crippen molar-refractivity contribution >= 4 is 50.9 Å². The molecule has 0 radical (unpaired) electrons. The molecular formula is C25H24FN7OS2. The lowest BCUT2D eigenvalue weighted by Crippen LogP contribution is -2.41. The van der Waals surface area contributed by atoms with Gasteiger partial charge in [-0.3, -0.25) is 0 Å². The van der Waals surface area contributed by atoms with E-state index in [1.54, 1.807) is 24.5 Å². The summed E-state index contributed by atoms with van der Waals surface area (Å²) < 4.78 is 21.2. The van der Waals surface area contributed by atoms with Gasteiger partial charge in [0.1, 0.15) is 23.0 Å². The minimum atomic E-state index is -0.242. The predicted molar refractivity (Wildman–Crippen MR) is 139 cm³/mol. The van der Waals surface area contributed by atoms with Crippen LogP contribution in [0.2, 0.25) is 0 Å². The molecule has 36 heavy (non-hydrogen) atoms. The monoisotopic (exact) mass is 521 g/mol. The van der Waals surface area contributed by atoms with E-state index in [2.05, 4.69) is 19.9 Å². The Morgan fingerprint density at radius 2 is 2.14 bits per heavy atom. The van der Waals surface area contributed by atoms with Crippen molar-refractivity contribution in [2.24, 2.45) is 11.7 Å². The summed E-state index contributed by atoms with van der Waals surface area (Å²) in [5.74, 6) is 2.32. The fraction of sp³-hybridized carbons (Fsp3) is 0.360. The summed E-state index contributed by atoms with van der Waals surface area (Å²) >= 11 is 2.95. The highest BCUT2D eigenvalue weighted by molar-refractivity contribution is 8.01. The Morgan fingerprint density at radius 1 is 1.25 bits per heavy atom. The first-order valence-electron chi connectivity index (χ1n) is 12.1. The topological polar surface area (TPSA) is 110 Å². The van der Waals surface area contributed by atoms with Crippen LogP contribution in [0, 0.1) is 18.7 Å². The van der Waals surface area contributed by atoms with Crippen molar-refractivity contribution < 1.29 is 8.81 Å². The quantitative estimate of drug-likeness (QED) is 0.300. The largest absolute Gasteiger partial charge is 0.440 e. The van der Waals surface area contributed by atoms with Gasteiger partial charge in [0.2, 0.25) is 0 Å². The van der Waals surface area contributed by atoms with Gasteiger partial charge in [0.15, 0.2) is 10.2 Å². The summed E-state index contributed by atoms with van der Waals surface area (Å²) in [5.41, 5.74) is 8.92. The SMILES string of the molecule is CCc1cc(F)cc2c1[nH]c1nc(Sc3cnc(-c4ncc(C)o4)s3)nc(N3C[C@H]4C[C@@H]3C[C@H]4N)c12. The second-order valence-corrected chi connectivity index (χ2v) is 11.9. The molecule has 1 saturated heterocycles. The lowest BCUT2D eigenvalue weighted by Gasteiger charge is -2.31. The number of thiazole rings is 1. The van der Waals surface area contributed by atoms with E-state index in [1.807, 2.05) is 13.8 Å². The van der Waals surface area contributed by atoms with Gasteiger partial charge in [-0.15, -0.1) is 11.3 Å². The van der Waals surface area contributed by atoms with Gasteiger partial charge >= 0.3 is 0 Å². The van der Waals surface area contributed by atoms with Crippen LogP contribution in [0.15, 0.2) is 38.3 Å². The summed E-state index contributed by atoms with van der Waals surface area (Å²) in [5, 5.41) is 3.05. The average molecular weight is 522 g/mol. The van der Waals surface area contributed by atoms with E-state index in [4.69, 9.17) is 20.1 Å². The van der Waals surface area contributed by atoms with Crippen LogP contribution in [0.4, 0.5) is 10.2 Å². The maximum absolute atomic E-state index is 14.6. The molecule has 5 heterocycles. The lowest BCUT2D eigenvalue weighted by atomic mass is 10.0. The number of halogens is 1. The van der Waals surface area contributed by atoms with Gasteiger partial charge in [-0.2, -0.15) is 0 Å². The number of piperidine rings is 1. The molecular weight excluding hydrogens is 497 g/mol. The van der Waals surface area contributed by atoms with Crippen molar-refractivity contribution in [3.63, 3.8) is 0 Å². The van der Waals surface area contributed by atoms with Crippen LogP contribution in [0.1, 0.15) is 31.1 Å². The van der Waals surface area contributed by atoms with E-state index in [0.29, 0.717) is 28.0 Å². The molecule has 0 spiro atoms. The fourth-order valence-electron chi connectivity index (χ4n) is 5.63. The number of aromatic nitrogens is 5. The zero-order valence-corrected chi connectivity index (χ0v) is 21.4. The van der Waals surface area contributed by atoms with Crippen LogP contribution < -0.4 is 10.6 Å². The molecule has 1 aromatic carbocycles. The van der Waals surface area contributed by atoms with Gasteiger partial charge in [-0.25, -0.2) is 24.3 Å². The number of benzene rings is 1. The van der Waals surface area contributed by atoms with Crippen molar-refractivity contribution in [2.75, 3.05) is 11.4 Å². The molecule has 0 amide bonds. The van der Waals surface area contributed by atoms with Crippen molar-refractivity contribution in [3.8, 4) is 10.9 Å². The maximum atomic E-state index is 14.6. The molecule has 4 aromatic heterocycles. The van der Waals surface area contributed by atoms with Crippen LogP contribution in [0.5, 0.6) is 0 Å². The summed E-state index contributed by atoms with van der Waals surface area (Å²) in [4.78, 5) is 24.5. The number of nitrogens with one attached hydrogen (secondary N) is 1. The van der Waals surface area contributed by atoms with Gasteiger partial charge in [-0.1, -0.05) is 6.92 Å². The first-order valence-corrected chi connectivity index (χ1v) is 13.7. The number of oxazole rings is 1. The molecule has 0 unspecified atom stereocenters. The van der Waals surface area contributed by atoms with Gasteiger partial charge in [0, 0.05) is 24.0 Å². The van der Waals surface area contributed by atoms with Gasteiger partial charge in [0.25, 0.3) is 5.89 Å². The molecule has 5 aromatic rings. The summed E-state index contributed by atoms with van der Waals surface area (Å²) in [6.45, 7) is 4.75. The number of aromatic amines is 1. The Hall–Kier alpha value is -3.02. The molecule has 3 N–H and O–H groups in total. The van der Waals surface area contributed by atoms with E-state index >= 15 is 0 Å². The highest BCUT2D eigenvalue weighted by Crippen LogP contribution is 2.44. The molecule has 8 nitrogen and oxygen atoms in total. The van der Waals surface area contributed by atoms with Gasteiger partial charge in [-0.05, 0) is 61.6 Å². The van der Waals surface area contributed by atoms with Crippen LogP contribution >= 0.6 is 23.1 Å². The van der Waals surface area contributed by atoms with E-state index in [9.17, 15) is 4.39 Å². The number of hydrogen-bond donors (Lipinski definition) is 2. The Balaban J connectivity index is 1.35. The number of nitrogens with zero attached hydrogens (tertiary/aromatic N) is 5. The number of aryl methyl sites for hydroxylation is 2. The molecule has 2 fully saturated rings. The Bertz CT molecular complexity index is 1620. The smallest absolute Gasteiger partial charge is 0.256 e. The number of rotatable bonds is 5. The lowest BCUT2D eigenvalue weighted by molar-refractivity contribution is 0.471. The van der Waals surface area contributed by atoms with Crippen molar-refractivity contribution in [2.45, 2.75) is 54.6 Å². The molecule has 2 bridgehead atoms. The maximum Gasteiger partial charge on any atom is 0.256 e. The second kappa shape index (κ2) is 8.25. The zero-order chi connectivity index (χ0) is 24.6. The third-order valence-electron chi connectivity index (χ3n) is 7.30. The number of hydrogen-bond acceptors (Lipinski definition) is 9. The molecule has 3 atom stereocenters. The van der Waals surface area contributed by atoms with E-state index in [0.717, 1.165) is 69.1 Å². The summed E-state index contributed by atoms with van der Waals surface area (Å²) in [6.07, 6.45) is 6.22. The van der Waals surface area contributed by atoms with Gasteiger partial charge < -0.3 is 20.0 Å². The first-order chi connectivity index (χ1) is 17.5. The molecule has 7 rings (SSSR count). The van der Waals surface area contributed by atoms with Crippen LogP contribution in [-0.4, -0.2) is 43.5 Å². The van der Waals surface area contributed by atoms with Crippen LogP contribution in [0.25, 0.3) is 32.8 Å². The van der Waals surface area contributed by atoms with E-state index in [1.165, 1.54) is 23.1 Å². The van der Waals surface area contributed by atoms with Crippen LogP contribution in [0.3, 0.4) is 0 Å². The Morgan fingerprint density at radius 3 is 2.86 bits per heavy atom. The predicted octanol–water partition coefficient (Wildman–Crippen LogP) is 5.31. The number of anilines is 1. The van der Waals surface area contributed by atoms with E-state index in [-0.39, 0.29) is 11.9 Å². The van der Waals surface area contributed by atoms with E-state index < -0.39 is 0 Å². The number of nitrogens with two attached hydrogens (primary N) is 1. The van der Waals surface area contributed by atoms with Crippen molar-refractivity contribution in [3.05, 3.63) is 41.7 Å². The molecule has 1 saturated carbocycles. The fourth-order valence-corrected chi connectivity index (χ4v) is 7.39. The minimum Gasteiger partial charge on any atom is -0.440 e. The Kier molecular flexibility index (Phi) is 5.09. The third-order valence-corrected chi connectivity index (χ3v) is 9.25.